The highest BCUT2D eigenvalue weighted by molar-refractivity contribution is 9.10. The van der Waals surface area contributed by atoms with E-state index in [0.29, 0.717) is 6.04 Å². The molecule has 1 atom stereocenters. The Morgan fingerprint density at radius 2 is 1.95 bits per heavy atom. The Kier molecular flexibility index (Phi) is 5.86. The minimum absolute atomic E-state index is 0.464. The van der Waals surface area contributed by atoms with Crippen LogP contribution in [0.15, 0.2) is 28.7 Å². The first-order valence-electron chi connectivity index (χ1n) is 7.41. The van der Waals surface area contributed by atoms with Crippen LogP contribution in [0.4, 0.5) is 0 Å². The van der Waals surface area contributed by atoms with E-state index in [1.807, 2.05) is 0 Å². The molecule has 0 bridgehead atoms. The maximum absolute atomic E-state index is 3.50. The molecule has 0 radical (unpaired) electrons. The molecule has 2 nitrogen and oxygen atoms in total. The van der Waals surface area contributed by atoms with Crippen molar-refractivity contribution >= 4 is 15.9 Å². The molecule has 0 aliphatic heterocycles. The molecule has 0 heterocycles. The van der Waals surface area contributed by atoms with E-state index in [-0.39, 0.29) is 0 Å². The lowest BCUT2D eigenvalue weighted by molar-refractivity contribution is 0.249. The molecule has 1 aliphatic rings. The minimum atomic E-state index is 0.464. The molecule has 1 unspecified atom stereocenters. The van der Waals surface area contributed by atoms with Gasteiger partial charge in [0.15, 0.2) is 0 Å². The van der Waals surface area contributed by atoms with Crippen LogP contribution >= 0.6 is 15.9 Å². The topological polar surface area (TPSA) is 15.3 Å². The summed E-state index contributed by atoms with van der Waals surface area (Å²) in [6.45, 7) is 4.74. The van der Waals surface area contributed by atoms with Crippen LogP contribution in [0.5, 0.6) is 0 Å². The molecule has 1 aromatic rings. The Bertz CT molecular complexity index is 373. The Labute approximate surface area is 125 Å². The standard InChI is InChI=1S/C16H25BrN2/c1-3-11-19(15-8-9-15)12-10-16(18-2)13-4-6-14(17)7-5-13/h4-7,15-16,18H,3,8-12H2,1-2H3. The van der Waals surface area contributed by atoms with Crippen LogP contribution in [0.3, 0.4) is 0 Å². The molecule has 1 fully saturated rings. The van der Waals surface area contributed by atoms with E-state index in [1.54, 1.807) is 0 Å². The number of rotatable bonds is 8. The van der Waals surface area contributed by atoms with Gasteiger partial charge in [-0.15, -0.1) is 0 Å². The first-order valence-corrected chi connectivity index (χ1v) is 8.20. The van der Waals surface area contributed by atoms with Crippen LogP contribution in [0.25, 0.3) is 0 Å². The molecule has 106 valence electrons. The molecule has 0 aromatic heterocycles. The molecule has 1 aromatic carbocycles. The summed E-state index contributed by atoms with van der Waals surface area (Å²) in [7, 11) is 2.06. The number of nitrogens with one attached hydrogen (secondary N) is 1. The maximum Gasteiger partial charge on any atom is 0.0329 e. The van der Waals surface area contributed by atoms with Crippen molar-refractivity contribution in [2.75, 3.05) is 20.1 Å². The van der Waals surface area contributed by atoms with Gasteiger partial charge in [-0.05, 0) is 57.0 Å². The normalized spacial score (nSPS) is 16.8. The highest BCUT2D eigenvalue weighted by Crippen LogP contribution is 2.28. The zero-order valence-corrected chi connectivity index (χ0v) is 13.6. The molecule has 1 saturated carbocycles. The lowest BCUT2D eigenvalue weighted by Gasteiger charge is -2.24. The Morgan fingerprint density at radius 3 is 2.47 bits per heavy atom. The highest BCUT2D eigenvalue weighted by Gasteiger charge is 2.28. The second kappa shape index (κ2) is 7.41. The molecule has 3 heteroatoms. The molecule has 1 N–H and O–H groups in total. The summed E-state index contributed by atoms with van der Waals surface area (Å²) in [6.07, 6.45) is 5.26. The lowest BCUT2D eigenvalue weighted by atomic mass is 10.0. The summed E-state index contributed by atoms with van der Waals surface area (Å²) < 4.78 is 1.15. The van der Waals surface area contributed by atoms with E-state index in [4.69, 9.17) is 0 Å². The molecular weight excluding hydrogens is 300 g/mol. The molecule has 0 amide bonds. The maximum atomic E-state index is 3.50. The van der Waals surface area contributed by atoms with Gasteiger partial charge < -0.3 is 10.2 Å². The number of benzene rings is 1. The third-order valence-corrected chi connectivity index (χ3v) is 4.43. The van der Waals surface area contributed by atoms with Crippen molar-refractivity contribution < 1.29 is 0 Å². The van der Waals surface area contributed by atoms with E-state index < -0.39 is 0 Å². The predicted molar refractivity (Wildman–Crippen MR) is 85.4 cm³/mol. The molecule has 2 rings (SSSR count). The van der Waals surface area contributed by atoms with Crippen LogP contribution in [-0.2, 0) is 0 Å². The van der Waals surface area contributed by atoms with Gasteiger partial charge in [0.05, 0.1) is 0 Å². The molecular formula is C16H25BrN2. The van der Waals surface area contributed by atoms with Gasteiger partial charge in [-0.2, -0.15) is 0 Å². The Hall–Kier alpha value is -0.380. The van der Waals surface area contributed by atoms with E-state index in [0.717, 1.165) is 10.5 Å². The molecule has 19 heavy (non-hydrogen) atoms. The van der Waals surface area contributed by atoms with Gasteiger partial charge in [-0.1, -0.05) is 35.0 Å². The van der Waals surface area contributed by atoms with Crippen molar-refractivity contribution in [1.82, 2.24) is 10.2 Å². The van der Waals surface area contributed by atoms with Crippen LogP contribution in [-0.4, -0.2) is 31.1 Å². The van der Waals surface area contributed by atoms with Gasteiger partial charge in [-0.25, -0.2) is 0 Å². The number of hydrogen-bond donors (Lipinski definition) is 1. The highest BCUT2D eigenvalue weighted by atomic mass is 79.9. The SMILES string of the molecule is CCCN(CCC(NC)c1ccc(Br)cc1)C1CC1. The van der Waals surface area contributed by atoms with Crippen molar-refractivity contribution in [1.29, 1.82) is 0 Å². The van der Waals surface area contributed by atoms with E-state index in [1.165, 1.54) is 44.3 Å². The molecule has 0 saturated heterocycles. The third kappa shape index (κ3) is 4.59. The fraction of sp³-hybridized carbons (Fsp3) is 0.625. The van der Waals surface area contributed by atoms with Gasteiger partial charge in [0.2, 0.25) is 0 Å². The second-order valence-corrected chi connectivity index (χ2v) is 6.36. The quantitative estimate of drug-likeness (QED) is 0.778. The smallest absolute Gasteiger partial charge is 0.0329 e. The summed E-state index contributed by atoms with van der Waals surface area (Å²) in [5.74, 6) is 0. The van der Waals surface area contributed by atoms with Crippen molar-refractivity contribution in [2.24, 2.45) is 0 Å². The summed E-state index contributed by atoms with van der Waals surface area (Å²) in [5.41, 5.74) is 1.39. The Morgan fingerprint density at radius 1 is 1.26 bits per heavy atom. The summed E-state index contributed by atoms with van der Waals surface area (Å²) >= 11 is 3.50. The zero-order valence-electron chi connectivity index (χ0n) is 12.0. The van der Waals surface area contributed by atoms with Crippen molar-refractivity contribution in [2.45, 2.75) is 44.7 Å². The van der Waals surface area contributed by atoms with Crippen molar-refractivity contribution in [3.8, 4) is 0 Å². The Balaban J connectivity index is 1.89. The van der Waals surface area contributed by atoms with E-state index in [9.17, 15) is 0 Å². The van der Waals surface area contributed by atoms with E-state index >= 15 is 0 Å². The van der Waals surface area contributed by atoms with Gasteiger partial charge in [0.1, 0.15) is 0 Å². The third-order valence-electron chi connectivity index (χ3n) is 3.90. The number of nitrogens with zero attached hydrogens (tertiary/aromatic N) is 1. The number of halogens is 1. The summed E-state index contributed by atoms with van der Waals surface area (Å²) in [4.78, 5) is 2.67. The monoisotopic (exact) mass is 324 g/mol. The number of hydrogen-bond acceptors (Lipinski definition) is 2. The van der Waals surface area contributed by atoms with Crippen LogP contribution in [0.2, 0.25) is 0 Å². The average molecular weight is 325 g/mol. The fourth-order valence-corrected chi connectivity index (χ4v) is 2.94. The van der Waals surface area contributed by atoms with E-state index in [2.05, 4.69) is 64.4 Å². The van der Waals surface area contributed by atoms with Crippen molar-refractivity contribution in [3.63, 3.8) is 0 Å². The van der Waals surface area contributed by atoms with Crippen LogP contribution in [0.1, 0.15) is 44.2 Å². The second-order valence-electron chi connectivity index (χ2n) is 5.45. The van der Waals surface area contributed by atoms with Gasteiger partial charge >= 0.3 is 0 Å². The average Bonchev–Trinajstić information content (AvgIpc) is 3.24. The van der Waals surface area contributed by atoms with Crippen LogP contribution in [0, 0.1) is 0 Å². The molecule has 0 spiro atoms. The van der Waals surface area contributed by atoms with Gasteiger partial charge in [0, 0.05) is 23.1 Å². The lowest BCUT2D eigenvalue weighted by Crippen LogP contribution is -2.31. The minimum Gasteiger partial charge on any atom is -0.313 e. The largest absolute Gasteiger partial charge is 0.313 e. The fourth-order valence-electron chi connectivity index (χ4n) is 2.67. The zero-order chi connectivity index (χ0) is 13.7. The first-order chi connectivity index (χ1) is 9.24. The van der Waals surface area contributed by atoms with Gasteiger partial charge in [-0.3, -0.25) is 0 Å². The predicted octanol–water partition coefficient (Wildman–Crippen LogP) is 3.97. The van der Waals surface area contributed by atoms with Crippen LogP contribution < -0.4 is 5.32 Å². The van der Waals surface area contributed by atoms with Gasteiger partial charge in [0.25, 0.3) is 0 Å². The first kappa shape index (κ1) is 15.0. The van der Waals surface area contributed by atoms with Crippen molar-refractivity contribution in [3.05, 3.63) is 34.3 Å². The molecule has 1 aliphatic carbocycles. The summed E-state index contributed by atoms with van der Waals surface area (Å²) in [5, 5.41) is 3.45. The summed E-state index contributed by atoms with van der Waals surface area (Å²) in [6, 6.07) is 10.0.